The van der Waals surface area contributed by atoms with Crippen molar-refractivity contribution in [1.29, 1.82) is 0 Å². The Morgan fingerprint density at radius 1 is 1.03 bits per heavy atom. The van der Waals surface area contributed by atoms with Gasteiger partial charge < -0.3 is 24.8 Å². The lowest BCUT2D eigenvalue weighted by molar-refractivity contribution is -0.147. The van der Waals surface area contributed by atoms with Crippen molar-refractivity contribution in [2.45, 2.75) is 95.6 Å². The second-order valence-electron chi connectivity index (χ2n) is 11.8. The Morgan fingerprint density at radius 3 is 2.55 bits per heavy atom. The number of hydrogen-bond acceptors (Lipinski definition) is 6. The van der Waals surface area contributed by atoms with Crippen LogP contribution < -0.4 is 15.4 Å². The Labute approximate surface area is 228 Å². The number of methoxy groups -OCH3 is 3. The summed E-state index contributed by atoms with van der Waals surface area (Å²) in [5.41, 5.74) is 3.52. The van der Waals surface area contributed by atoms with Crippen LogP contribution in [0.5, 0.6) is 5.75 Å². The minimum absolute atomic E-state index is 0.0602. The van der Waals surface area contributed by atoms with E-state index in [1.165, 1.54) is 58.3 Å². The third-order valence-corrected chi connectivity index (χ3v) is 9.88. The predicted molar refractivity (Wildman–Crippen MR) is 148 cm³/mol. The van der Waals surface area contributed by atoms with Crippen molar-refractivity contribution in [2.75, 3.05) is 34.4 Å². The lowest BCUT2D eigenvalue weighted by Crippen LogP contribution is -2.48. The maximum atomic E-state index is 12.2. The number of unbranched alkanes of at least 4 members (excludes halogenated alkanes) is 3. The van der Waals surface area contributed by atoms with Crippen molar-refractivity contribution >= 4 is 11.9 Å². The summed E-state index contributed by atoms with van der Waals surface area (Å²) in [6.07, 6.45) is 11.3. The van der Waals surface area contributed by atoms with Gasteiger partial charge in [-0.1, -0.05) is 25.8 Å². The molecule has 7 heteroatoms. The summed E-state index contributed by atoms with van der Waals surface area (Å²) in [5, 5.41) is 6.84. The molecule has 0 bridgehead atoms. The average molecular weight is 529 g/mol. The number of amides is 1. The van der Waals surface area contributed by atoms with E-state index in [9.17, 15) is 9.59 Å². The summed E-state index contributed by atoms with van der Waals surface area (Å²) in [6, 6.07) is 7.41. The van der Waals surface area contributed by atoms with Gasteiger partial charge in [0, 0.05) is 19.7 Å². The number of esters is 1. The van der Waals surface area contributed by atoms with E-state index in [2.05, 4.69) is 40.5 Å². The average Bonchev–Trinajstić information content (AvgIpc) is 3.28. The smallest absolute Gasteiger partial charge is 0.308 e. The summed E-state index contributed by atoms with van der Waals surface area (Å²) < 4.78 is 15.2. The number of benzene rings is 1. The number of rotatable bonds is 13. The Bertz CT molecular complexity index is 952. The number of hydrogen-bond donors (Lipinski definition) is 2. The minimum Gasteiger partial charge on any atom is -0.497 e. The second kappa shape index (κ2) is 13.3. The second-order valence-corrected chi connectivity index (χ2v) is 11.8. The first kappa shape index (κ1) is 28.9. The third-order valence-electron chi connectivity index (χ3n) is 9.88. The molecule has 2 saturated carbocycles. The molecular weight excluding hydrogens is 480 g/mol. The van der Waals surface area contributed by atoms with Crippen LogP contribution in [0.1, 0.15) is 88.2 Å². The van der Waals surface area contributed by atoms with Crippen LogP contribution in [0.4, 0.5) is 0 Å². The van der Waals surface area contributed by atoms with Crippen LogP contribution in [-0.2, 0) is 25.5 Å². The number of nitrogens with one attached hydrogen (secondary N) is 2. The first-order valence-electron chi connectivity index (χ1n) is 14.7. The summed E-state index contributed by atoms with van der Waals surface area (Å²) in [6.45, 7) is 4.24. The van der Waals surface area contributed by atoms with E-state index in [4.69, 9.17) is 9.47 Å². The Balaban J connectivity index is 1.15. The first-order chi connectivity index (χ1) is 18.4. The summed E-state index contributed by atoms with van der Waals surface area (Å²) in [4.78, 5) is 23.6. The third kappa shape index (κ3) is 6.36. The highest BCUT2D eigenvalue weighted by atomic mass is 16.5. The lowest BCUT2D eigenvalue weighted by Gasteiger charge is -2.51. The fourth-order valence-corrected chi connectivity index (χ4v) is 7.74. The van der Waals surface area contributed by atoms with Gasteiger partial charge in [0.2, 0.25) is 5.91 Å². The van der Waals surface area contributed by atoms with Crippen LogP contribution in [-0.4, -0.2) is 58.4 Å². The number of aryl methyl sites for hydroxylation is 1. The minimum atomic E-state index is -0.787. The van der Waals surface area contributed by atoms with E-state index >= 15 is 0 Å². The zero-order valence-corrected chi connectivity index (χ0v) is 23.9. The zero-order chi connectivity index (χ0) is 27.1. The molecule has 0 aromatic heterocycles. The fraction of sp³-hybridized carbons (Fsp3) is 0.742. The van der Waals surface area contributed by atoms with Gasteiger partial charge in [-0.3, -0.25) is 9.59 Å². The van der Waals surface area contributed by atoms with E-state index in [0.717, 1.165) is 55.7 Å². The van der Waals surface area contributed by atoms with Gasteiger partial charge in [-0.15, -0.1) is 0 Å². The molecule has 0 radical (unpaired) electrons. The largest absolute Gasteiger partial charge is 0.497 e. The van der Waals surface area contributed by atoms with Gasteiger partial charge in [-0.25, -0.2) is 0 Å². The van der Waals surface area contributed by atoms with Crippen molar-refractivity contribution < 1.29 is 23.8 Å². The topological polar surface area (TPSA) is 85.9 Å². The van der Waals surface area contributed by atoms with Gasteiger partial charge in [-0.05, 0) is 104 Å². The van der Waals surface area contributed by atoms with Crippen molar-refractivity contribution in [1.82, 2.24) is 10.6 Å². The molecular formula is C31H48N2O5. The van der Waals surface area contributed by atoms with Gasteiger partial charge in [-0.2, -0.15) is 0 Å². The standard InChI is InChI=1S/C31H48N2O5/c1-31-16-15-24-23-12-10-22(36-2)19-21(23)9-11-25(24)26(31)13-14-28(31)32-17-7-5-6-8-18-33-30(35)27(37-3)20-29(34)38-4/h10,12,19,24-28,32H,5-9,11,13-18,20H2,1-4H3,(H,33,35)/t24-,25-,26+,27?,28?,31+/m1/s1. The molecule has 3 aliphatic rings. The molecule has 212 valence electrons. The van der Waals surface area contributed by atoms with Crippen LogP contribution in [0.3, 0.4) is 0 Å². The van der Waals surface area contributed by atoms with Crippen LogP contribution in [0.25, 0.3) is 0 Å². The van der Waals surface area contributed by atoms with Crippen molar-refractivity contribution in [3.8, 4) is 5.75 Å². The molecule has 4 rings (SSSR count). The molecule has 0 spiro atoms. The van der Waals surface area contributed by atoms with Gasteiger partial charge in [0.25, 0.3) is 0 Å². The van der Waals surface area contributed by atoms with Crippen LogP contribution in [0, 0.1) is 17.3 Å². The Kier molecular flexibility index (Phi) is 10.1. The highest BCUT2D eigenvalue weighted by Gasteiger charge is 2.54. The molecule has 38 heavy (non-hydrogen) atoms. The van der Waals surface area contributed by atoms with E-state index in [0.29, 0.717) is 18.0 Å². The lowest BCUT2D eigenvalue weighted by atomic mass is 9.55. The molecule has 0 saturated heterocycles. The Hall–Kier alpha value is -2.12. The van der Waals surface area contributed by atoms with Crippen LogP contribution in [0.15, 0.2) is 18.2 Å². The van der Waals surface area contributed by atoms with Crippen LogP contribution in [0.2, 0.25) is 0 Å². The molecule has 3 aliphatic carbocycles. The van der Waals surface area contributed by atoms with Crippen molar-refractivity contribution in [3.63, 3.8) is 0 Å². The van der Waals surface area contributed by atoms with Gasteiger partial charge in [0.05, 0.1) is 20.6 Å². The quantitative estimate of drug-likeness (QED) is 0.284. The normalized spacial score (nSPS) is 28.5. The van der Waals surface area contributed by atoms with Crippen molar-refractivity contribution in [3.05, 3.63) is 29.3 Å². The van der Waals surface area contributed by atoms with Crippen LogP contribution >= 0.6 is 0 Å². The number of carbonyl (C=O) groups excluding carboxylic acids is 2. The van der Waals surface area contributed by atoms with Gasteiger partial charge >= 0.3 is 5.97 Å². The number of carbonyl (C=O) groups is 2. The van der Waals surface area contributed by atoms with E-state index in [-0.39, 0.29) is 12.3 Å². The van der Waals surface area contributed by atoms with E-state index in [1.807, 2.05) is 0 Å². The molecule has 2 N–H and O–H groups in total. The molecule has 2 fully saturated rings. The van der Waals surface area contributed by atoms with Crippen molar-refractivity contribution in [2.24, 2.45) is 17.3 Å². The zero-order valence-electron chi connectivity index (χ0n) is 23.9. The van der Waals surface area contributed by atoms with E-state index < -0.39 is 12.1 Å². The molecule has 1 amide bonds. The SMILES string of the molecule is COC(=O)CC(OC)C(=O)NCCCCCCNC1CC[C@H]2[C@@H]3CCc4cc(OC)ccc4[C@H]3CC[C@]12C. The summed E-state index contributed by atoms with van der Waals surface area (Å²) >= 11 is 0. The van der Waals surface area contributed by atoms with E-state index in [1.54, 1.807) is 12.7 Å². The molecule has 6 atom stereocenters. The molecule has 7 nitrogen and oxygen atoms in total. The number of ether oxygens (including phenoxy) is 3. The first-order valence-corrected chi connectivity index (χ1v) is 14.7. The molecule has 1 aromatic carbocycles. The number of fused-ring (bicyclic) bond motifs is 5. The maximum Gasteiger partial charge on any atom is 0.308 e. The van der Waals surface area contributed by atoms with Gasteiger partial charge in [0.15, 0.2) is 0 Å². The highest BCUT2D eigenvalue weighted by molar-refractivity contribution is 5.85. The molecule has 0 aliphatic heterocycles. The highest BCUT2D eigenvalue weighted by Crippen LogP contribution is 2.61. The monoisotopic (exact) mass is 528 g/mol. The molecule has 0 heterocycles. The molecule has 1 aromatic rings. The summed E-state index contributed by atoms with van der Waals surface area (Å²) in [5.74, 6) is 2.67. The van der Waals surface area contributed by atoms with Gasteiger partial charge in [0.1, 0.15) is 11.9 Å². The molecule has 2 unspecified atom stereocenters. The Morgan fingerprint density at radius 2 is 1.82 bits per heavy atom. The maximum absolute atomic E-state index is 12.2. The predicted octanol–water partition coefficient (Wildman–Crippen LogP) is 4.76. The fourth-order valence-electron chi connectivity index (χ4n) is 7.74. The summed E-state index contributed by atoms with van der Waals surface area (Å²) in [7, 11) is 4.51.